The fourth-order valence-electron chi connectivity index (χ4n) is 5.77. The van der Waals surface area contributed by atoms with Gasteiger partial charge in [-0.3, -0.25) is 4.79 Å². The number of anilines is 1. The molecule has 4 rings (SSSR count). The highest BCUT2D eigenvalue weighted by atomic mass is 19.4. The molecule has 35 heavy (non-hydrogen) atoms. The van der Waals surface area contributed by atoms with Crippen LogP contribution in [0.3, 0.4) is 0 Å². The summed E-state index contributed by atoms with van der Waals surface area (Å²) in [5.74, 6) is 0.901. The molecule has 1 amide bonds. The largest absolute Gasteiger partial charge is 0.416 e. The minimum absolute atomic E-state index is 0.149. The molecule has 1 aromatic rings. The van der Waals surface area contributed by atoms with Gasteiger partial charge in [-0.25, -0.2) is 4.98 Å². The molecule has 2 aliphatic heterocycles. The fourth-order valence-corrected chi connectivity index (χ4v) is 5.77. The van der Waals surface area contributed by atoms with E-state index in [1.165, 1.54) is 6.20 Å². The third-order valence-electron chi connectivity index (χ3n) is 7.90. The molecule has 4 atom stereocenters. The van der Waals surface area contributed by atoms with E-state index < -0.39 is 17.2 Å². The first-order chi connectivity index (χ1) is 16.7. The third-order valence-corrected chi connectivity index (χ3v) is 7.90. The highest BCUT2D eigenvalue weighted by molar-refractivity contribution is 5.83. The zero-order valence-corrected chi connectivity index (χ0v) is 20.6. The Hall–Kier alpha value is -1.91. The molecule has 0 radical (unpaired) electrons. The minimum atomic E-state index is -4.40. The summed E-state index contributed by atoms with van der Waals surface area (Å²) in [6.07, 6.45) is 1.02. The van der Waals surface area contributed by atoms with Crippen molar-refractivity contribution in [1.29, 1.82) is 0 Å². The monoisotopic (exact) mass is 498 g/mol. The van der Waals surface area contributed by atoms with Crippen LogP contribution in [-0.4, -0.2) is 81.0 Å². The second-order valence-corrected chi connectivity index (χ2v) is 10.3. The number of rotatable bonds is 7. The van der Waals surface area contributed by atoms with Gasteiger partial charge < -0.3 is 24.6 Å². The maximum atomic E-state index is 13.8. The number of pyridine rings is 1. The topological polar surface area (TPSA) is 66.9 Å². The van der Waals surface area contributed by atoms with Gasteiger partial charge in [0.05, 0.1) is 17.6 Å². The number of nitrogens with zero attached hydrogens (tertiary/aromatic N) is 3. The van der Waals surface area contributed by atoms with Crippen LogP contribution in [0, 0.1) is 11.3 Å². The number of hydrogen-bond donors (Lipinski definition) is 1. The van der Waals surface area contributed by atoms with Crippen molar-refractivity contribution in [1.82, 2.24) is 15.2 Å². The van der Waals surface area contributed by atoms with Crippen LogP contribution < -0.4 is 10.2 Å². The zero-order valence-electron chi connectivity index (χ0n) is 20.6. The molecule has 1 saturated carbocycles. The summed E-state index contributed by atoms with van der Waals surface area (Å²) in [6, 6.07) is 2.76. The number of halogens is 3. The summed E-state index contributed by atoms with van der Waals surface area (Å²) in [7, 11) is 1.66. The highest BCUT2D eigenvalue weighted by Crippen LogP contribution is 2.44. The second-order valence-electron chi connectivity index (χ2n) is 10.3. The Morgan fingerprint density at radius 2 is 2.06 bits per heavy atom. The molecule has 0 aromatic carbocycles. The number of nitrogens with one attached hydrogen (secondary N) is 1. The van der Waals surface area contributed by atoms with Crippen LogP contribution in [0.25, 0.3) is 0 Å². The Kier molecular flexibility index (Phi) is 8.23. The van der Waals surface area contributed by atoms with Crippen LogP contribution in [0.2, 0.25) is 0 Å². The number of alkyl halides is 3. The van der Waals surface area contributed by atoms with Crippen molar-refractivity contribution < 1.29 is 27.4 Å². The number of carbonyl (C=O) groups excluding carboxylic acids is 1. The van der Waals surface area contributed by atoms with Gasteiger partial charge in [0.1, 0.15) is 5.82 Å². The Balaban J connectivity index is 1.38. The number of amides is 1. The molecule has 3 heterocycles. The van der Waals surface area contributed by atoms with Crippen molar-refractivity contribution in [3.8, 4) is 0 Å². The lowest BCUT2D eigenvalue weighted by Crippen LogP contribution is -2.53. The average molecular weight is 499 g/mol. The Labute approximate surface area is 205 Å². The normalized spacial score (nSPS) is 30.0. The van der Waals surface area contributed by atoms with E-state index in [0.717, 1.165) is 51.0 Å². The van der Waals surface area contributed by atoms with Crippen LogP contribution >= 0.6 is 0 Å². The van der Waals surface area contributed by atoms with Crippen LogP contribution in [-0.2, 0) is 20.4 Å². The van der Waals surface area contributed by atoms with Crippen molar-refractivity contribution in [3.63, 3.8) is 0 Å². The van der Waals surface area contributed by atoms with E-state index in [-0.39, 0.29) is 11.9 Å². The third kappa shape index (κ3) is 6.09. The first-order valence-electron chi connectivity index (χ1n) is 12.6. The van der Waals surface area contributed by atoms with Gasteiger partial charge in [-0.05, 0) is 50.2 Å². The van der Waals surface area contributed by atoms with Crippen molar-refractivity contribution in [2.45, 2.75) is 57.3 Å². The van der Waals surface area contributed by atoms with Crippen molar-refractivity contribution in [2.75, 3.05) is 58.0 Å². The Morgan fingerprint density at radius 3 is 2.74 bits per heavy atom. The van der Waals surface area contributed by atoms with E-state index in [2.05, 4.69) is 17.2 Å². The number of aromatic nitrogens is 1. The number of ether oxygens (including phenoxy) is 2. The molecule has 1 N–H and O–H groups in total. The van der Waals surface area contributed by atoms with Crippen molar-refractivity contribution in [2.24, 2.45) is 11.3 Å². The molecule has 3 fully saturated rings. The molecule has 0 bridgehead atoms. The smallest absolute Gasteiger partial charge is 0.385 e. The van der Waals surface area contributed by atoms with E-state index in [9.17, 15) is 18.0 Å². The minimum Gasteiger partial charge on any atom is -0.385 e. The number of methoxy groups -OCH3 is 1. The quantitative estimate of drug-likeness (QED) is 0.622. The summed E-state index contributed by atoms with van der Waals surface area (Å²) >= 11 is 0. The van der Waals surface area contributed by atoms with E-state index in [4.69, 9.17) is 9.47 Å². The van der Waals surface area contributed by atoms with Gasteiger partial charge in [0, 0.05) is 64.8 Å². The molecular formula is C25H37F3N4O3. The lowest BCUT2D eigenvalue weighted by molar-refractivity contribution is -0.143. The molecular weight excluding hydrogens is 461 g/mol. The van der Waals surface area contributed by atoms with Gasteiger partial charge >= 0.3 is 6.18 Å². The van der Waals surface area contributed by atoms with Gasteiger partial charge in [-0.2, -0.15) is 13.2 Å². The molecule has 2 saturated heterocycles. The lowest BCUT2D eigenvalue weighted by Gasteiger charge is -2.40. The summed E-state index contributed by atoms with van der Waals surface area (Å²) < 4.78 is 50.2. The maximum absolute atomic E-state index is 13.8. The first-order valence-corrected chi connectivity index (χ1v) is 12.6. The predicted molar refractivity (Wildman–Crippen MR) is 126 cm³/mol. The average Bonchev–Trinajstić information content (AvgIpc) is 3.27. The van der Waals surface area contributed by atoms with Crippen LogP contribution in [0.1, 0.15) is 44.6 Å². The van der Waals surface area contributed by atoms with E-state index in [0.29, 0.717) is 57.0 Å². The fraction of sp³-hybridized carbons (Fsp3) is 0.760. The van der Waals surface area contributed by atoms with Gasteiger partial charge in [0.15, 0.2) is 0 Å². The Morgan fingerprint density at radius 1 is 1.29 bits per heavy atom. The molecule has 1 unspecified atom stereocenters. The first kappa shape index (κ1) is 26.2. The van der Waals surface area contributed by atoms with E-state index in [1.54, 1.807) is 7.11 Å². The zero-order chi connectivity index (χ0) is 25.1. The Bertz CT molecular complexity index is 863. The molecule has 1 aliphatic carbocycles. The van der Waals surface area contributed by atoms with Gasteiger partial charge in [0.2, 0.25) is 5.91 Å². The summed E-state index contributed by atoms with van der Waals surface area (Å²) in [4.78, 5) is 21.7. The maximum Gasteiger partial charge on any atom is 0.416 e. The van der Waals surface area contributed by atoms with Crippen molar-refractivity contribution >= 4 is 11.7 Å². The van der Waals surface area contributed by atoms with Gasteiger partial charge in [-0.15, -0.1) is 0 Å². The van der Waals surface area contributed by atoms with E-state index in [1.807, 2.05) is 9.80 Å². The van der Waals surface area contributed by atoms with Crippen LogP contribution in [0.15, 0.2) is 18.3 Å². The van der Waals surface area contributed by atoms with Gasteiger partial charge in [0.25, 0.3) is 0 Å². The van der Waals surface area contributed by atoms with Crippen LogP contribution in [0.4, 0.5) is 19.0 Å². The molecule has 7 nitrogen and oxygen atoms in total. The second kappa shape index (κ2) is 11.0. The number of hydrogen-bond acceptors (Lipinski definition) is 6. The SMILES string of the molecule is COCC[C@]1(C(=O)N2CCN(c3cc(C(F)(F)F)ccn3)CC2)CC[C@@H](N[C@@H]2CCOCC2C)C1. The predicted octanol–water partition coefficient (Wildman–Crippen LogP) is 3.34. The number of carbonyl (C=O) groups is 1. The van der Waals surface area contributed by atoms with Gasteiger partial charge in [-0.1, -0.05) is 6.92 Å². The lowest BCUT2D eigenvalue weighted by atomic mass is 9.80. The van der Waals surface area contributed by atoms with Crippen molar-refractivity contribution in [3.05, 3.63) is 23.9 Å². The number of piperazine rings is 1. The summed E-state index contributed by atoms with van der Waals surface area (Å²) in [6.45, 7) is 6.13. The van der Waals surface area contributed by atoms with Crippen LogP contribution in [0.5, 0.6) is 0 Å². The molecule has 196 valence electrons. The standard InChI is InChI=1S/C25H37F3N4O3/c1-18-17-35-13-5-21(18)30-20-3-6-24(16-20,7-14-34-2)23(33)32-11-9-31(10-12-32)22-15-19(4-8-29-22)25(26,27)28/h4,8,15,18,20-21,30H,3,5-7,9-14,16-17H2,1-2H3/t18?,20-,21-,24-/m1/s1. The summed E-state index contributed by atoms with van der Waals surface area (Å²) in [5.41, 5.74) is -1.17. The molecule has 0 spiro atoms. The van der Waals surface area contributed by atoms with E-state index >= 15 is 0 Å². The highest BCUT2D eigenvalue weighted by Gasteiger charge is 2.47. The molecule has 10 heteroatoms. The summed E-state index contributed by atoms with van der Waals surface area (Å²) in [5, 5.41) is 3.80. The molecule has 1 aromatic heterocycles. The molecule has 3 aliphatic rings.